The smallest absolute Gasteiger partial charge is 0.228 e. The maximum Gasteiger partial charge on any atom is 0.228 e. The largest absolute Gasteiger partial charge is 0.371 e. The fraction of sp³-hybridized carbons (Fsp3) is 0.346. The first-order chi connectivity index (χ1) is 15.3. The normalized spacial score (nSPS) is 14.9. The number of aldehydes is 1. The van der Waals surface area contributed by atoms with Crippen LogP contribution in [0.5, 0.6) is 0 Å². The first-order valence-corrected chi connectivity index (χ1v) is 11.1. The van der Waals surface area contributed by atoms with E-state index in [0.717, 1.165) is 49.3 Å². The second-order valence-electron chi connectivity index (χ2n) is 9.37. The Balaban J connectivity index is 1.46. The Morgan fingerprint density at radius 1 is 1.00 bits per heavy atom. The van der Waals surface area contributed by atoms with E-state index in [-0.39, 0.29) is 17.2 Å². The minimum atomic E-state index is -0.121. The third-order valence-corrected chi connectivity index (χ3v) is 5.99. The third kappa shape index (κ3) is 4.74. The predicted octanol–water partition coefficient (Wildman–Crippen LogP) is 4.84. The SMILES string of the molecule is CC(C)(C)c1cc(NC(=O)C2CCN(c3ccc(C=O)cc3)CC2)n(-c2ccccc2)n1. The van der Waals surface area contributed by atoms with Crippen molar-refractivity contribution in [2.24, 2.45) is 5.92 Å². The van der Waals surface area contributed by atoms with Gasteiger partial charge in [0.25, 0.3) is 0 Å². The molecular weight excluding hydrogens is 400 g/mol. The van der Waals surface area contributed by atoms with E-state index in [0.29, 0.717) is 11.4 Å². The van der Waals surface area contributed by atoms with Crippen molar-refractivity contribution in [1.82, 2.24) is 9.78 Å². The summed E-state index contributed by atoms with van der Waals surface area (Å²) in [5.41, 5.74) is 3.50. The first-order valence-electron chi connectivity index (χ1n) is 11.1. The number of nitrogens with one attached hydrogen (secondary N) is 1. The van der Waals surface area contributed by atoms with Gasteiger partial charge in [-0.05, 0) is 49.2 Å². The molecular formula is C26H30N4O2. The molecule has 0 atom stereocenters. The molecule has 4 rings (SSSR count). The lowest BCUT2D eigenvalue weighted by Crippen LogP contribution is -2.38. The number of hydrogen-bond donors (Lipinski definition) is 1. The summed E-state index contributed by atoms with van der Waals surface area (Å²) >= 11 is 0. The van der Waals surface area contributed by atoms with E-state index in [2.05, 4.69) is 31.0 Å². The molecule has 0 bridgehead atoms. The number of carbonyl (C=O) groups is 2. The van der Waals surface area contributed by atoms with Crippen molar-refractivity contribution in [3.05, 3.63) is 71.9 Å². The van der Waals surface area contributed by atoms with Crippen LogP contribution in [0.3, 0.4) is 0 Å². The average molecular weight is 431 g/mol. The summed E-state index contributed by atoms with van der Waals surface area (Å²) in [6.07, 6.45) is 2.42. The number of para-hydroxylation sites is 1. The number of aromatic nitrogens is 2. The van der Waals surface area contributed by atoms with E-state index < -0.39 is 0 Å². The van der Waals surface area contributed by atoms with Crippen molar-refractivity contribution >= 4 is 23.7 Å². The number of anilines is 2. The van der Waals surface area contributed by atoms with E-state index >= 15 is 0 Å². The molecule has 1 N–H and O–H groups in total. The number of hydrogen-bond acceptors (Lipinski definition) is 4. The van der Waals surface area contributed by atoms with Crippen molar-refractivity contribution in [2.75, 3.05) is 23.3 Å². The highest BCUT2D eigenvalue weighted by Crippen LogP contribution is 2.28. The quantitative estimate of drug-likeness (QED) is 0.589. The van der Waals surface area contributed by atoms with Crippen LogP contribution in [0.4, 0.5) is 11.5 Å². The minimum absolute atomic E-state index is 0.0403. The summed E-state index contributed by atoms with van der Waals surface area (Å²) in [5, 5.41) is 7.93. The number of amides is 1. The molecule has 0 spiro atoms. The Kier molecular flexibility index (Phi) is 6.12. The standard InChI is InChI=1S/C26H30N4O2/c1-26(2,3)23-17-24(30(28-23)22-7-5-4-6-8-22)27-25(32)20-13-15-29(16-14-20)21-11-9-19(18-31)10-12-21/h4-12,17-18,20H,13-16H2,1-3H3,(H,27,32). The Labute approximate surface area is 189 Å². The topological polar surface area (TPSA) is 67.2 Å². The molecule has 32 heavy (non-hydrogen) atoms. The Hall–Kier alpha value is -3.41. The number of benzene rings is 2. The molecule has 1 aromatic heterocycles. The molecule has 2 heterocycles. The van der Waals surface area contributed by atoms with Gasteiger partial charge in [0, 0.05) is 41.7 Å². The molecule has 2 aromatic carbocycles. The molecule has 0 aliphatic carbocycles. The van der Waals surface area contributed by atoms with Crippen LogP contribution in [0.15, 0.2) is 60.7 Å². The van der Waals surface area contributed by atoms with Crippen LogP contribution in [-0.4, -0.2) is 35.1 Å². The second kappa shape index (κ2) is 8.99. The summed E-state index contributed by atoms with van der Waals surface area (Å²) < 4.78 is 1.82. The van der Waals surface area contributed by atoms with Gasteiger partial charge in [-0.3, -0.25) is 9.59 Å². The molecule has 1 aliphatic heterocycles. The van der Waals surface area contributed by atoms with Gasteiger partial charge in [0.2, 0.25) is 5.91 Å². The van der Waals surface area contributed by atoms with E-state index in [1.54, 1.807) is 0 Å². The predicted molar refractivity (Wildman–Crippen MR) is 128 cm³/mol. The fourth-order valence-corrected chi connectivity index (χ4v) is 3.99. The Morgan fingerprint density at radius 2 is 1.66 bits per heavy atom. The average Bonchev–Trinajstić information content (AvgIpc) is 3.24. The summed E-state index contributed by atoms with van der Waals surface area (Å²) in [4.78, 5) is 26.3. The molecule has 6 nitrogen and oxygen atoms in total. The summed E-state index contributed by atoms with van der Waals surface area (Å²) in [6, 6.07) is 19.5. The lowest BCUT2D eigenvalue weighted by atomic mass is 9.92. The number of carbonyl (C=O) groups excluding carboxylic acids is 2. The zero-order valence-electron chi connectivity index (χ0n) is 18.9. The van der Waals surface area contributed by atoms with Gasteiger partial charge in [-0.1, -0.05) is 39.0 Å². The van der Waals surface area contributed by atoms with Gasteiger partial charge in [0.1, 0.15) is 12.1 Å². The van der Waals surface area contributed by atoms with Gasteiger partial charge in [-0.15, -0.1) is 0 Å². The first kappa shape index (κ1) is 21.8. The van der Waals surface area contributed by atoms with Crippen molar-refractivity contribution in [3.8, 4) is 5.69 Å². The lowest BCUT2D eigenvalue weighted by molar-refractivity contribution is -0.120. The van der Waals surface area contributed by atoms with Crippen LogP contribution in [0, 0.1) is 5.92 Å². The van der Waals surface area contributed by atoms with Gasteiger partial charge in [-0.2, -0.15) is 5.10 Å². The Morgan fingerprint density at radius 3 is 2.25 bits per heavy atom. The zero-order chi connectivity index (χ0) is 22.7. The maximum absolute atomic E-state index is 13.1. The summed E-state index contributed by atoms with van der Waals surface area (Å²) in [5.74, 6) is 0.703. The molecule has 166 valence electrons. The highest BCUT2D eigenvalue weighted by atomic mass is 16.2. The van der Waals surface area contributed by atoms with Gasteiger partial charge in [0.15, 0.2) is 0 Å². The molecule has 3 aromatic rings. The van der Waals surface area contributed by atoms with Crippen molar-refractivity contribution < 1.29 is 9.59 Å². The van der Waals surface area contributed by atoms with Crippen LogP contribution in [-0.2, 0) is 10.2 Å². The summed E-state index contributed by atoms with van der Waals surface area (Å²) in [7, 11) is 0. The molecule has 0 unspecified atom stereocenters. The van der Waals surface area contributed by atoms with Crippen molar-refractivity contribution in [1.29, 1.82) is 0 Å². The van der Waals surface area contributed by atoms with E-state index in [4.69, 9.17) is 5.10 Å². The molecule has 6 heteroatoms. The van der Waals surface area contributed by atoms with Gasteiger partial charge in [-0.25, -0.2) is 4.68 Å². The molecule has 1 fully saturated rings. The molecule has 0 saturated carbocycles. The van der Waals surface area contributed by atoms with Crippen molar-refractivity contribution in [2.45, 2.75) is 39.0 Å². The van der Waals surface area contributed by atoms with E-state index in [1.165, 1.54) is 0 Å². The highest BCUT2D eigenvalue weighted by molar-refractivity contribution is 5.92. The fourth-order valence-electron chi connectivity index (χ4n) is 3.99. The van der Waals surface area contributed by atoms with Crippen LogP contribution >= 0.6 is 0 Å². The summed E-state index contributed by atoms with van der Waals surface area (Å²) in [6.45, 7) is 7.97. The molecule has 0 radical (unpaired) electrons. The van der Waals surface area contributed by atoms with Crippen LogP contribution in [0.1, 0.15) is 49.7 Å². The van der Waals surface area contributed by atoms with Gasteiger partial charge >= 0.3 is 0 Å². The van der Waals surface area contributed by atoms with E-state index in [1.807, 2.05) is 65.3 Å². The minimum Gasteiger partial charge on any atom is -0.371 e. The molecule has 1 aliphatic rings. The lowest BCUT2D eigenvalue weighted by Gasteiger charge is -2.33. The van der Waals surface area contributed by atoms with Gasteiger partial charge in [0.05, 0.1) is 11.4 Å². The molecule has 1 saturated heterocycles. The molecule has 1 amide bonds. The van der Waals surface area contributed by atoms with Crippen LogP contribution in [0.25, 0.3) is 5.69 Å². The number of nitrogens with zero attached hydrogens (tertiary/aromatic N) is 3. The highest BCUT2D eigenvalue weighted by Gasteiger charge is 2.27. The zero-order valence-corrected chi connectivity index (χ0v) is 18.9. The monoisotopic (exact) mass is 430 g/mol. The van der Waals surface area contributed by atoms with Crippen LogP contribution < -0.4 is 10.2 Å². The van der Waals surface area contributed by atoms with Crippen molar-refractivity contribution in [3.63, 3.8) is 0 Å². The number of rotatable bonds is 5. The van der Waals surface area contributed by atoms with Crippen LogP contribution in [0.2, 0.25) is 0 Å². The third-order valence-electron chi connectivity index (χ3n) is 5.99. The maximum atomic E-state index is 13.1. The second-order valence-corrected chi connectivity index (χ2v) is 9.37. The van der Waals surface area contributed by atoms with Gasteiger partial charge < -0.3 is 10.2 Å². The Bertz CT molecular complexity index is 1070. The number of piperidine rings is 1. The van der Waals surface area contributed by atoms with E-state index in [9.17, 15) is 9.59 Å².